The third-order valence-corrected chi connectivity index (χ3v) is 6.67. The first-order valence-corrected chi connectivity index (χ1v) is 10.9. The summed E-state index contributed by atoms with van der Waals surface area (Å²) in [5, 5.41) is 1.08. The fourth-order valence-electron chi connectivity index (χ4n) is 3.57. The first kappa shape index (κ1) is 19.4. The molecule has 4 rings (SSSR count). The van der Waals surface area contributed by atoms with E-state index in [4.69, 9.17) is 0 Å². The number of aromatic nitrogens is 2. The Morgan fingerprint density at radius 1 is 1.14 bits per heavy atom. The molecular formula is C20H23N5O3S. The maximum Gasteiger partial charge on any atom is 0.241 e. The highest BCUT2D eigenvalue weighted by Gasteiger charge is 2.23. The molecular weight excluding hydrogens is 390 g/mol. The summed E-state index contributed by atoms with van der Waals surface area (Å²) in [6.45, 7) is 2.54. The first-order valence-electron chi connectivity index (χ1n) is 9.45. The van der Waals surface area contributed by atoms with Crippen molar-refractivity contribution in [2.45, 2.75) is 11.3 Å². The first-order chi connectivity index (χ1) is 14.0. The van der Waals surface area contributed by atoms with Crippen molar-refractivity contribution >= 4 is 32.7 Å². The Labute approximate surface area is 169 Å². The number of piperazine rings is 1. The maximum atomic E-state index is 12.7. The number of nitrogens with zero attached hydrogens (tertiary/aromatic N) is 3. The molecule has 2 aromatic heterocycles. The number of amides is 1. The van der Waals surface area contributed by atoms with Gasteiger partial charge in [0.2, 0.25) is 15.9 Å². The smallest absolute Gasteiger partial charge is 0.241 e. The van der Waals surface area contributed by atoms with E-state index >= 15 is 0 Å². The van der Waals surface area contributed by atoms with Crippen molar-refractivity contribution in [1.82, 2.24) is 19.6 Å². The Kier molecular flexibility index (Phi) is 5.25. The fraction of sp³-hybridized carbons (Fsp3) is 0.300. The lowest BCUT2D eigenvalue weighted by atomic mass is 10.1. The number of carbonyl (C=O) groups is 1. The predicted molar refractivity (Wildman–Crippen MR) is 111 cm³/mol. The van der Waals surface area contributed by atoms with Crippen molar-refractivity contribution in [3.8, 4) is 0 Å². The standard InChI is InChI=1S/C20H23N5O3S/c1-21-29(27,28)16-6-7-19(23-14-16)24-8-10-25(11-9-24)20(26)12-15-13-22-18-5-3-2-4-17(15)18/h2-7,13-14,21-22H,8-12H2,1H3. The van der Waals surface area contributed by atoms with Gasteiger partial charge in [0, 0.05) is 49.5 Å². The number of rotatable bonds is 5. The van der Waals surface area contributed by atoms with Gasteiger partial charge in [-0.15, -0.1) is 0 Å². The van der Waals surface area contributed by atoms with Gasteiger partial charge in [0.05, 0.1) is 6.42 Å². The van der Waals surface area contributed by atoms with Crippen LogP contribution in [-0.2, 0) is 21.2 Å². The monoisotopic (exact) mass is 413 g/mol. The maximum absolute atomic E-state index is 12.7. The van der Waals surface area contributed by atoms with Crippen LogP contribution < -0.4 is 9.62 Å². The van der Waals surface area contributed by atoms with Crippen molar-refractivity contribution in [1.29, 1.82) is 0 Å². The SMILES string of the molecule is CNS(=O)(=O)c1ccc(N2CCN(C(=O)Cc3c[nH]c4ccccc34)CC2)nc1. The molecule has 1 aromatic carbocycles. The minimum absolute atomic E-state index is 0.109. The number of pyridine rings is 1. The van der Waals surface area contributed by atoms with Crippen molar-refractivity contribution in [3.63, 3.8) is 0 Å². The van der Waals surface area contributed by atoms with E-state index in [1.165, 1.54) is 13.2 Å². The van der Waals surface area contributed by atoms with Crippen LogP contribution in [0.25, 0.3) is 10.9 Å². The molecule has 3 heterocycles. The third-order valence-electron chi connectivity index (χ3n) is 5.27. The van der Waals surface area contributed by atoms with Crippen LogP contribution in [0, 0.1) is 0 Å². The average Bonchev–Trinajstić information content (AvgIpc) is 3.17. The minimum atomic E-state index is -3.49. The Bertz CT molecular complexity index is 1120. The van der Waals surface area contributed by atoms with Crippen LogP contribution in [0.3, 0.4) is 0 Å². The molecule has 2 N–H and O–H groups in total. The van der Waals surface area contributed by atoms with Crippen LogP contribution in [0.2, 0.25) is 0 Å². The quantitative estimate of drug-likeness (QED) is 0.658. The molecule has 1 amide bonds. The molecule has 1 fully saturated rings. The van der Waals surface area contributed by atoms with Gasteiger partial charge in [-0.2, -0.15) is 0 Å². The number of anilines is 1. The number of nitrogens with one attached hydrogen (secondary N) is 2. The van der Waals surface area contributed by atoms with Crippen molar-refractivity contribution < 1.29 is 13.2 Å². The van der Waals surface area contributed by atoms with Crippen LogP contribution in [0.4, 0.5) is 5.82 Å². The minimum Gasteiger partial charge on any atom is -0.361 e. The Morgan fingerprint density at radius 2 is 1.90 bits per heavy atom. The van der Waals surface area contributed by atoms with Gasteiger partial charge in [-0.05, 0) is 30.8 Å². The van der Waals surface area contributed by atoms with Gasteiger partial charge in [0.1, 0.15) is 10.7 Å². The summed E-state index contributed by atoms with van der Waals surface area (Å²) in [5.41, 5.74) is 2.05. The number of benzene rings is 1. The van der Waals surface area contributed by atoms with E-state index in [1.807, 2.05) is 35.4 Å². The number of aromatic amines is 1. The average molecular weight is 414 g/mol. The molecule has 1 saturated heterocycles. The van der Waals surface area contributed by atoms with E-state index < -0.39 is 10.0 Å². The number of fused-ring (bicyclic) bond motifs is 1. The highest BCUT2D eigenvalue weighted by atomic mass is 32.2. The molecule has 29 heavy (non-hydrogen) atoms. The van der Waals surface area contributed by atoms with E-state index in [1.54, 1.807) is 12.1 Å². The molecule has 0 unspecified atom stereocenters. The molecule has 8 nitrogen and oxygen atoms in total. The van der Waals surface area contributed by atoms with E-state index in [2.05, 4.69) is 19.6 Å². The van der Waals surface area contributed by atoms with E-state index in [-0.39, 0.29) is 10.8 Å². The summed E-state index contributed by atoms with van der Waals surface area (Å²) < 4.78 is 25.9. The molecule has 3 aromatic rings. The van der Waals surface area contributed by atoms with Gasteiger partial charge in [-0.3, -0.25) is 4.79 Å². The lowest BCUT2D eigenvalue weighted by Gasteiger charge is -2.35. The summed E-state index contributed by atoms with van der Waals surface area (Å²) in [7, 11) is -2.12. The molecule has 0 bridgehead atoms. The number of H-pyrrole nitrogens is 1. The molecule has 1 aliphatic rings. The molecule has 0 radical (unpaired) electrons. The number of hydrogen-bond donors (Lipinski definition) is 2. The van der Waals surface area contributed by atoms with E-state index in [9.17, 15) is 13.2 Å². The molecule has 0 spiro atoms. The third kappa shape index (κ3) is 3.96. The topological polar surface area (TPSA) is 98.4 Å². The lowest BCUT2D eigenvalue weighted by Crippen LogP contribution is -2.49. The van der Waals surface area contributed by atoms with Gasteiger partial charge in [0.15, 0.2) is 0 Å². The Balaban J connectivity index is 1.37. The van der Waals surface area contributed by atoms with Crippen LogP contribution >= 0.6 is 0 Å². The normalized spacial score (nSPS) is 15.1. The predicted octanol–water partition coefficient (Wildman–Crippen LogP) is 1.36. The van der Waals surface area contributed by atoms with Crippen LogP contribution in [0.1, 0.15) is 5.56 Å². The molecule has 0 atom stereocenters. The van der Waals surface area contributed by atoms with Crippen molar-refractivity contribution in [2.75, 3.05) is 38.1 Å². The zero-order chi connectivity index (χ0) is 20.4. The summed E-state index contributed by atoms with van der Waals surface area (Å²) in [5.74, 6) is 0.821. The van der Waals surface area contributed by atoms with Gasteiger partial charge in [-0.1, -0.05) is 18.2 Å². The summed E-state index contributed by atoms with van der Waals surface area (Å²) in [6.07, 6.45) is 3.64. The van der Waals surface area contributed by atoms with Gasteiger partial charge >= 0.3 is 0 Å². The van der Waals surface area contributed by atoms with Gasteiger partial charge in [-0.25, -0.2) is 18.1 Å². The van der Waals surface area contributed by atoms with Crippen LogP contribution in [0.15, 0.2) is 53.7 Å². The summed E-state index contributed by atoms with van der Waals surface area (Å²) in [6, 6.07) is 11.2. The second-order valence-corrected chi connectivity index (χ2v) is 8.85. The molecule has 1 aliphatic heterocycles. The second kappa shape index (κ2) is 7.84. The molecule has 152 valence electrons. The molecule has 0 saturated carbocycles. The van der Waals surface area contributed by atoms with E-state index in [0.717, 1.165) is 16.5 Å². The van der Waals surface area contributed by atoms with Gasteiger partial charge in [0.25, 0.3) is 0 Å². The zero-order valence-corrected chi connectivity index (χ0v) is 16.9. The van der Waals surface area contributed by atoms with Crippen LogP contribution in [-0.4, -0.2) is 62.4 Å². The summed E-state index contributed by atoms with van der Waals surface area (Å²) in [4.78, 5) is 24.3. The number of para-hydroxylation sites is 1. The number of carbonyl (C=O) groups excluding carboxylic acids is 1. The largest absolute Gasteiger partial charge is 0.361 e. The van der Waals surface area contributed by atoms with Crippen molar-refractivity contribution in [2.24, 2.45) is 0 Å². The second-order valence-electron chi connectivity index (χ2n) is 6.96. The Hall–Kier alpha value is -2.91. The van der Waals surface area contributed by atoms with Gasteiger partial charge < -0.3 is 14.8 Å². The number of sulfonamides is 1. The lowest BCUT2D eigenvalue weighted by molar-refractivity contribution is -0.130. The fourth-order valence-corrected chi connectivity index (χ4v) is 4.25. The van der Waals surface area contributed by atoms with E-state index in [0.29, 0.717) is 38.4 Å². The highest BCUT2D eigenvalue weighted by Crippen LogP contribution is 2.20. The van der Waals surface area contributed by atoms with Crippen molar-refractivity contribution in [3.05, 3.63) is 54.4 Å². The zero-order valence-electron chi connectivity index (χ0n) is 16.1. The number of hydrogen-bond acceptors (Lipinski definition) is 5. The van der Waals surface area contributed by atoms with Crippen LogP contribution in [0.5, 0.6) is 0 Å². The highest BCUT2D eigenvalue weighted by molar-refractivity contribution is 7.89. The summed E-state index contributed by atoms with van der Waals surface area (Å²) >= 11 is 0. The Morgan fingerprint density at radius 3 is 2.59 bits per heavy atom. The molecule has 0 aliphatic carbocycles. The molecule has 9 heteroatoms.